The third kappa shape index (κ3) is 3.93. The van der Waals surface area contributed by atoms with E-state index in [1.807, 2.05) is 0 Å². The molecule has 0 aromatic heterocycles. The fraction of sp³-hybridized carbons (Fsp3) is 0.400. The molecule has 0 aliphatic rings. The molecule has 1 rings (SSSR count). The zero-order valence-corrected chi connectivity index (χ0v) is 9.70. The Labute approximate surface area is 111 Å². The molecule has 0 unspecified atom stereocenters. The van der Waals surface area contributed by atoms with Crippen molar-refractivity contribution < 1.29 is 44.3 Å². The van der Waals surface area contributed by atoms with Gasteiger partial charge in [-0.3, -0.25) is 0 Å². The molecule has 0 bridgehead atoms. The average Bonchev–Trinajstić information content (AvgIpc) is 2.27. The molecule has 0 aliphatic carbocycles. The molecule has 0 amide bonds. The summed E-state index contributed by atoms with van der Waals surface area (Å²) in [6.07, 6.45) is -11.2. The third-order valence-corrected chi connectivity index (χ3v) is 2.31. The van der Waals surface area contributed by atoms with E-state index in [4.69, 9.17) is 5.73 Å². The average molecular weight is 327 g/mol. The molecule has 2 N–H and O–H groups in total. The van der Waals surface area contributed by atoms with Crippen molar-refractivity contribution in [3.63, 3.8) is 0 Å². The zero-order chi connectivity index (χ0) is 16.6. The fourth-order valence-electron chi connectivity index (χ4n) is 1.30. The second kappa shape index (κ2) is 5.28. The summed E-state index contributed by atoms with van der Waals surface area (Å²) < 4.78 is 114. The molecule has 0 heterocycles. The van der Waals surface area contributed by atoms with Crippen molar-refractivity contribution in [2.75, 3.05) is 0 Å². The van der Waals surface area contributed by atoms with E-state index in [2.05, 4.69) is 4.74 Å². The van der Waals surface area contributed by atoms with Gasteiger partial charge in [-0.25, -0.2) is 4.39 Å². The van der Waals surface area contributed by atoms with Gasteiger partial charge >= 0.3 is 18.5 Å². The van der Waals surface area contributed by atoms with E-state index < -0.39 is 41.6 Å². The van der Waals surface area contributed by atoms with E-state index in [1.54, 1.807) is 0 Å². The van der Waals surface area contributed by atoms with Gasteiger partial charge in [0.2, 0.25) is 0 Å². The van der Waals surface area contributed by atoms with Gasteiger partial charge in [-0.2, -0.15) is 22.0 Å². The van der Waals surface area contributed by atoms with Gasteiger partial charge in [0.25, 0.3) is 0 Å². The largest absolute Gasteiger partial charge is 0.573 e. The van der Waals surface area contributed by atoms with Crippen LogP contribution in [0.1, 0.15) is 11.6 Å². The number of hydrogen-bond donors (Lipinski definition) is 1. The van der Waals surface area contributed by atoms with Crippen LogP contribution in [0.2, 0.25) is 0 Å². The monoisotopic (exact) mass is 327 g/mol. The molecule has 0 radical (unpaired) electrons. The Bertz CT molecular complexity index is 508. The molecular weight excluding hydrogens is 321 g/mol. The second-order valence-electron chi connectivity index (χ2n) is 3.84. The Balaban J connectivity index is 3.09. The van der Waals surface area contributed by atoms with Crippen molar-refractivity contribution in [3.8, 4) is 5.75 Å². The highest BCUT2D eigenvalue weighted by Crippen LogP contribution is 2.43. The number of benzene rings is 1. The molecular formula is C10H6F9NO. The summed E-state index contributed by atoms with van der Waals surface area (Å²) in [6.45, 7) is 0. The summed E-state index contributed by atoms with van der Waals surface area (Å²) in [5, 5.41) is 0. The van der Waals surface area contributed by atoms with E-state index >= 15 is 0 Å². The van der Waals surface area contributed by atoms with Crippen LogP contribution in [0, 0.1) is 5.82 Å². The van der Waals surface area contributed by atoms with Gasteiger partial charge in [-0.05, 0) is 17.7 Å². The SMILES string of the molecule is N[C@H](c1ccc(OC(F)(F)F)c(F)c1)C(F)(F)C(F)(F)F. The highest BCUT2D eigenvalue weighted by Gasteiger charge is 2.61. The molecule has 0 fully saturated rings. The van der Waals surface area contributed by atoms with Gasteiger partial charge in [0, 0.05) is 0 Å². The number of hydrogen-bond acceptors (Lipinski definition) is 2. The number of ether oxygens (including phenoxy) is 1. The zero-order valence-electron chi connectivity index (χ0n) is 9.70. The van der Waals surface area contributed by atoms with E-state index in [1.165, 1.54) is 0 Å². The molecule has 1 aromatic carbocycles. The molecule has 11 heteroatoms. The molecule has 0 spiro atoms. The lowest BCUT2D eigenvalue weighted by atomic mass is 10.0. The predicted octanol–water partition coefficient (Wildman–Crippen LogP) is 3.92. The molecule has 0 saturated carbocycles. The van der Waals surface area contributed by atoms with Crippen LogP contribution in [-0.4, -0.2) is 18.5 Å². The van der Waals surface area contributed by atoms with E-state index in [-0.39, 0.29) is 12.1 Å². The summed E-state index contributed by atoms with van der Waals surface area (Å²) in [4.78, 5) is 0. The first kappa shape index (κ1) is 17.4. The maximum atomic E-state index is 13.2. The first-order valence-electron chi connectivity index (χ1n) is 5.01. The predicted molar refractivity (Wildman–Crippen MR) is 51.0 cm³/mol. The third-order valence-electron chi connectivity index (χ3n) is 2.31. The normalized spacial score (nSPS) is 15.0. The van der Waals surface area contributed by atoms with E-state index in [9.17, 15) is 39.5 Å². The minimum absolute atomic E-state index is 0.0192. The molecule has 120 valence electrons. The lowest BCUT2D eigenvalue weighted by Gasteiger charge is -2.26. The molecule has 21 heavy (non-hydrogen) atoms. The van der Waals surface area contributed by atoms with Gasteiger partial charge in [0.05, 0.1) is 0 Å². The van der Waals surface area contributed by atoms with Crippen molar-refractivity contribution in [2.45, 2.75) is 24.5 Å². The van der Waals surface area contributed by atoms with Gasteiger partial charge in [0.15, 0.2) is 11.6 Å². The molecule has 0 saturated heterocycles. The molecule has 1 atom stereocenters. The first-order valence-corrected chi connectivity index (χ1v) is 5.01. The van der Waals surface area contributed by atoms with Crippen LogP contribution >= 0.6 is 0 Å². The van der Waals surface area contributed by atoms with Crippen molar-refractivity contribution in [3.05, 3.63) is 29.6 Å². The number of nitrogens with two attached hydrogens (primary N) is 1. The number of halogens is 9. The Morgan fingerprint density at radius 3 is 1.86 bits per heavy atom. The van der Waals surface area contributed by atoms with Gasteiger partial charge in [-0.1, -0.05) is 6.07 Å². The Hall–Kier alpha value is -1.65. The van der Waals surface area contributed by atoms with Crippen LogP contribution in [0.3, 0.4) is 0 Å². The Morgan fingerprint density at radius 2 is 1.48 bits per heavy atom. The minimum Gasteiger partial charge on any atom is -0.403 e. The van der Waals surface area contributed by atoms with Crippen molar-refractivity contribution in [2.24, 2.45) is 5.73 Å². The van der Waals surface area contributed by atoms with Crippen LogP contribution in [0.5, 0.6) is 5.75 Å². The van der Waals surface area contributed by atoms with Crippen LogP contribution in [0.25, 0.3) is 0 Å². The van der Waals surface area contributed by atoms with Crippen LogP contribution in [0.4, 0.5) is 39.5 Å². The van der Waals surface area contributed by atoms with Crippen molar-refractivity contribution >= 4 is 0 Å². The van der Waals surface area contributed by atoms with E-state index in [0.717, 1.165) is 0 Å². The molecule has 2 nitrogen and oxygen atoms in total. The lowest BCUT2D eigenvalue weighted by molar-refractivity contribution is -0.291. The highest BCUT2D eigenvalue weighted by molar-refractivity contribution is 5.32. The maximum absolute atomic E-state index is 13.2. The van der Waals surface area contributed by atoms with Crippen LogP contribution < -0.4 is 10.5 Å². The van der Waals surface area contributed by atoms with Crippen LogP contribution in [0.15, 0.2) is 18.2 Å². The first-order chi connectivity index (χ1) is 9.25. The minimum atomic E-state index is -6.00. The fourth-order valence-corrected chi connectivity index (χ4v) is 1.30. The number of alkyl halides is 8. The van der Waals surface area contributed by atoms with Gasteiger partial charge < -0.3 is 10.5 Å². The summed E-state index contributed by atoms with van der Waals surface area (Å²) in [5.41, 5.74) is 3.67. The van der Waals surface area contributed by atoms with Crippen LogP contribution in [-0.2, 0) is 0 Å². The van der Waals surface area contributed by atoms with Crippen molar-refractivity contribution in [1.82, 2.24) is 0 Å². The highest BCUT2D eigenvalue weighted by atomic mass is 19.4. The summed E-state index contributed by atoms with van der Waals surface area (Å²) in [6, 6.07) is -2.32. The Morgan fingerprint density at radius 1 is 0.952 bits per heavy atom. The molecule has 1 aromatic rings. The smallest absolute Gasteiger partial charge is 0.403 e. The van der Waals surface area contributed by atoms with Crippen molar-refractivity contribution in [1.29, 1.82) is 0 Å². The molecule has 0 aliphatic heterocycles. The van der Waals surface area contributed by atoms with Gasteiger partial charge in [0.1, 0.15) is 6.04 Å². The van der Waals surface area contributed by atoms with E-state index in [0.29, 0.717) is 6.07 Å². The topological polar surface area (TPSA) is 35.2 Å². The summed E-state index contributed by atoms with van der Waals surface area (Å²) in [7, 11) is 0. The quantitative estimate of drug-likeness (QED) is 0.854. The standard InChI is InChI=1S/C10H6F9NO/c11-5-3-4(1-2-6(5)21-10(17,18)19)7(20)8(12,13)9(14,15)16/h1-3,7H,20H2/t7-/m1/s1. The Kier molecular flexibility index (Phi) is 4.37. The van der Waals surface area contributed by atoms with Gasteiger partial charge in [-0.15, -0.1) is 13.2 Å². The number of rotatable bonds is 3. The summed E-state index contributed by atoms with van der Waals surface area (Å²) in [5.74, 6) is -8.54. The lowest BCUT2D eigenvalue weighted by Crippen LogP contribution is -2.45. The second-order valence-corrected chi connectivity index (χ2v) is 3.84. The maximum Gasteiger partial charge on any atom is 0.573 e. The summed E-state index contributed by atoms with van der Waals surface area (Å²) >= 11 is 0.